The third-order valence-corrected chi connectivity index (χ3v) is 5.30. The summed E-state index contributed by atoms with van der Waals surface area (Å²) in [5, 5.41) is 13.6. The van der Waals surface area contributed by atoms with Crippen LogP contribution in [0.15, 0.2) is 39.8 Å². The molecule has 2 aromatic heterocycles. The van der Waals surface area contributed by atoms with Crippen molar-refractivity contribution >= 4 is 10.0 Å². The van der Waals surface area contributed by atoms with Crippen LogP contribution in [0.4, 0.5) is 0 Å². The van der Waals surface area contributed by atoms with Crippen LogP contribution >= 0.6 is 0 Å². The monoisotopic (exact) mass is 359 g/mol. The van der Waals surface area contributed by atoms with Gasteiger partial charge in [0, 0.05) is 17.3 Å². The first-order valence-corrected chi connectivity index (χ1v) is 9.52. The summed E-state index contributed by atoms with van der Waals surface area (Å²) in [5.41, 5.74) is 2.47. The van der Waals surface area contributed by atoms with Gasteiger partial charge in [0.1, 0.15) is 0 Å². The fourth-order valence-electron chi connectivity index (χ4n) is 3.05. The number of fused-ring (bicyclic) bond motifs is 1. The van der Waals surface area contributed by atoms with Crippen molar-refractivity contribution in [2.24, 2.45) is 5.14 Å². The quantitative estimate of drug-likeness (QED) is 0.766. The van der Waals surface area contributed by atoms with Crippen molar-refractivity contribution in [3.63, 3.8) is 0 Å². The van der Waals surface area contributed by atoms with Gasteiger partial charge in [-0.3, -0.25) is 4.68 Å². The minimum Gasteiger partial charge on any atom is -0.332 e. The number of hydrogen-bond donors (Lipinski definition) is 1. The third kappa shape index (κ3) is 2.96. The van der Waals surface area contributed by atoms with Crippen molar-refractivity contribution in [1.82, 2.24) is 19.9 Å². The molecule has 0 saturated heterocycles. The molecule has 0 bridgehead atoms. The molecule has 4 rings (SSSR count). The van der Waals surface area contributed by atoms with E-state index >= 15 is 0 Å². The van der Waals surface area contributed by atoms with Crippen LogP contribution in [0.2, 0.25) is 0 Å². The number of aromatic nitrogens is 4. The average Bonchev–Trinajstić information content (AvgIpc) is 3.21. The van der Waals surface area contributed by atoms with Crippen molar-refractivity contribution in [2.45, 2.75) is 37.1 Å². The van der Waals surface area contributed by atoms with E-state index in [-0.39, 0.29) is 4.90 Å². The van der Waals surface area contributed by atoms with Crippen molar-refractivity contribution in [2.75, 3.05) is 0 Å². The van der Waals surface area contributed by atoms with Crippen LogP contribution in [-0.4, -0.2) is 28.3 Å². The fraction of sp³-hybridized carbons (Fsp3) is 0.312. The summed E-state index contributed by atoms with van der Waals surface area (Å²) < 4.78 is 30.0. The van der Waals surface area contributed by atoms with E-state index in [4.69, 9.17) is 9.66 Å². The Labute approximate surface area is 144 Å². The first kappa shape index (κ1) is 16.0. The molecule has 8 nitrogen and oxygen atoms in total. The summed E-state index contributed by atoms with van der Waals surface area (Å²) >= 11 is 0. The number of aryl methyl sites for hydroxylation is 1. The van der Waals surface area contributed by atoms with E-state index < -0.39 is 10.0 Å². The molecule has 1 atom stereocenters. The fourth-order valence-corrected chi connectivity index (χ4v) is 3.56. The zero-order valence-corrected chi connectivity index (χ0v) is 14.4. The average molecular weight is 359 g/mol. The number of nitrogens with two attached hydrogens (primary N) is 1. The highest BCUT2D eigenvalue weighted by Crippen LogP contribution is 2.28. The van der Waals surface area contributed by atoms with Crippen LogP contribution < -0.4 is 5.14 Å². The molecule has 2 N–H and O–H groups in total. The number of nitrogens with zero attached hydrogens (tertiary/aromatic N) is 4. The molecular weight excluding hydrogens is 342 g/mol. The Hall–Kier alpha value is -2.52. The van der Waals surface area contributed by atoms with Crippen LogP contribution in [-0.2, 0) is 16.4 Å². The topological polar surface area (TPSA) is 117 Å². The first-order chi connectivity index (χ1) is 11.9. The van der Waals surface area contributed by atoms with Gasteiger partial charge < -0.3 is 4.52 Å². The second-order valence-electron chi connectivity index (χ2n) is 6.20. The second kappa shape index (κ2) is 5.78. The zero-order valence-electron chi connectivity index (χ0n) is 13.6. The Kier molecular flexibility index (Phi) is 3.69. The molecule has 130 valence electrons. The first-order valence-electron chi connectivity index (χ1n) is 7.97. The van der Waals surface area contributed by atoms with Crippen LogP contribution in [0.5, 0.6) is 0 Å². The summed E-state index contributed by atoms with van der Waals surface area (Å²) in [6, 6.07) is 8.36. The molecule has 1 aliphatic heterocycles. The standard InChI is InChI=1S/C16H17N5O3S/c1-10-3-2-4-12-9-14(19-21(10)12)16-18-15(20-24-16)11-5-7-13(8-6-11)25(17,22)23/h5-10H,2-4H2,1H3,(H2,17,22,23). The summed E-state index contributed by atoms with van der Waals surface area (Å²) in [4.78, 5) is 4.41. The lowest BCUT2D eigenvalue weighted by atomic mass is 10.0. The molecule has 3 aromatic rings. The molecule has 1 aromatic carbocycles. The Bertz CT molecular complexity index is 1020. The summed E-state index contributed by atoms with van der Waals surface area (Å²) in [6.07, 6.45) is 3.25. The number of hydrogen-bond acceptors (Lipinski definition) is 6. The van der Waals surface area contributed by atoms with Crippen molar-refractivity contribution in [1.29, 1.82) is 0 Å². The number of sulfonamides is 1. The van der Waals surface area contributed by atoms with Crippen LogP contribution in [0, 0.1) is 0 Å². The largest absolute Gasteiger partial charge is 0.332 e. The molecule has 0 spiro atoms. The summed E-state index contributed by atoms with van der Waals surface area (Å²) in [7, 11) is -3.72. The van der Waals surface area contributed by atoms with Gasteiger partial charge in [-0.15, -0.1) is 0 Å². The maximum atomic E-state index is 11.3. The summed E-state index contributed by atoms with van der Waals surface area (Å²) in [5.74, 6) is 0.717. The van der Waals surface area contributed by atoms with Gasteiger partial charge in [0.05, 0.1) is 4.90 Å². The predicted octanol–water partition coefficient (Wildman–Crippen LogP) is 2.14. The highest BCUT2D eigenvalue weighted by molar-refractivity contribution is 7.89. The maximum Gasteiger partial charge on any atom is 0.278 e. The maximum absolute atomic E-state index is 11.3. The van der Waals surface area contributed by atoms with E-state index in [0.717, 1.165) is 19.3 Å². The van der Waals surface area contributed by atoms with Gasteiger partial charge in [0.15, 0.2) is 5.69 Å². The number of rotatable bonds is 3. The zero-order chi connectivity index (χ0) is 17.6. The van der Waals surface area contributed by atoms with Gasteiger partial charge in [-0.05, 0) is 56.5 Å². The van der Waals surface area contributed by atoms with Crippen molar-refractivity contribution in [3.05, 3.63) is 36.0 Å². The van der Waals surface area contributed by atoms with Gasteiger partial charge in [0.25, 0.3) is 5.89 Å². The van der Waals surface area contributed by atoms with E-state index in [0.29, 0.717) is 29.0 Å². The molecule has 3 heterocycles. The predicted molar refractivity (Wildman–Crippen MR) is 90.0 cm³/mol. The van der Waals surface area contributed by atoms with Gasteiger partial charge in [-0.2, -0.15) is 10.1 Å². The number of benzene rings is 1. The summed E-state index contributed by atoms with van der Waals surface area (Å²) in [6.45, 7) is 2.14. The number of primary sulfonamides is 1. The van der Waals surface area contributed by atoms with Crippen molar-refractivity contribution in [3.8, 4) is 23.0 Å². The molecule has 0 aliphatic carbocycles. The molecule has 25 heavy (non-hydrogen) atoms. The van der Waals surface area contributed by atoms with Gasteiger partial charge >= 0.3 is 0 Å². The third-order valence-electron chi connectivity index (χ3n) is 4.37. The normalized spacial score (nSPS) is 17.4. The Morgan fingerprint density at radius 2 is 2.04 bits per heavy atom. The minimum absolute atomic E-state index is 0.0377. The SMILES string of the molecule is CC1CCCc2cc(-c3nc(-c4ccc(S(N)(=O)=O)cc4)no3)nn21. The molecule has 0 amide bonds. The highest BCUT2D eigenvalue weighted by Gasteiger charge is 2.21. The lowest BCUT2D eigenvalue weighted by Crippen LogP contribution is -2.15. The van der Waals surface area contributed by atoms with Gasteiger partial charge in [-0.1, -0.05) is 5.16 Å². The molecule has 9 heteroatoms. The van der Waals surface area contributed by atoms with E-state index in [1.54, 1.807) is 12.1 Å². The minimum atomic E-state index is -3.72. The van der Waals surface area contributed by atoms with Crippen LogP contribution in [0.1, 0.15) is 31.5 Å². The smallest absolute Gasteiger partial charge is 0.278 e. The van der Waals surface area contributed by atoms with E-state index in [9.17, 15) is 8.42 Å². The lowest BCUT2D eigenvalue weighted by Gasteiger charge is -2.20. The highest BCUT2D eigenvalue weighted by atomic mass is 32.2. The molecule has 1 aliphatic rings. The molecule has 0 radical (unpaired) electrons. The Morgan fingerprint density at radius 1 is 1.28 bits per heavy atom. The van der Waals surface area contributed by atoms with E-state index in [1.165, 1.54) is 17.8 Å². The molecular formula is C16H17N5O3S. The lowest BCUT2D eigenvalue weighted by molar-refractivity contribution is 0.391. The van der Waals surface area contributed by atoms with E-state index in [2.05, 4.69) is 22.2 Å². The van der Waals surface area contributed by atoms with Crippen molar-refractivity contribution < 1.29 is 12.9 Å². The Morgan fingerprint density at radius 3 is 2.72 bits per heavy atom. The second-order valence-corrected chi connectivity index (χ2v) is 7.76. The molecule has 1 unspecified atom stereocenters. The van der Waals surface area contributed by atoms with Crippen LogP contribution in [0.25, 0.3) is 23.0 Å². The Balaban J connectivity index is 1.64. The molecule has 0 fully saturated rings. The van der Waals surface area contributed by atoms with Gasteiger partial charge in [0.2, 0.25) is 15.8 Å². The van der Waals surface area contributed by atoms with E-state index in [1.807, 2.05) is 10.7 Å². The molecule has 0 saturated carbocycles. The van der Waals surface area contributed by atoms with Gasteiger partial charge in [-0.25, -0.2) is 13.6 Å². The van der Waals surface area contributed by atoms with Crippen LogP contribution in [0.3, 0.4) is 0 Å².